The molecule has 0 aliphatic carbocycles. The highest BCUT2D eigenvalue weighted by Gasteiger charge is 2.23. The number of aryl methyl sites for hydroxylation is 4. The standard InChI is InChI=1S/C30H29N5O5/c1-6-35-23(18-10-12-19(13-11-18)24-17(2)40-34(5)30(24)39)15-21-16-33(4)29(38)25(26(21)35)28(37)32-22-9-7-8-20(14-22)27(36)31-3/h7-16H,6H2,1-5H3,(H,31,36)(H,32,37). The molecule has 2 aromatic carbocycles. The fraction of sp³-hybridized carbons (Fsp3) is 0.200. The highest BCUT2D eigenvalue weighted by Crippen LogP contribution is 2.31. The Hall–Kier alpha value is -5.12. The molecule has 0 radical (unpaired) electrons. The van der Waals surface area contributed by atoms with Gasteiger partial charge < -0.3 is 24.3 Å². The van der Waals surface area contributed by atoms with Gasteiger partial charge in [0.1, 0.15) is 11.3 Å². The molecule has 10 nitrogen and oxygen atoms in total. The van der Waals surface area contributed by atoms with E-state index in [1.165, 1.54) is 16.4 Å². The molecule has 0 unspecified atom stereocenters. The Kier molecular flexibility index (Phi) is 6.76. The number of carbonyl (C=O) groups excluding carboxylic acids is 2. The van der Waals surface area contributed by atoms with Gasteiger partial charge in [-0.15, -0.1) is 0 Å². The van der Waals surface area contributed by atoms with Crippen LogP contribution in [0.2, 0.25) is 0 Å². The van der Waals surface area contributed by atoms with E-state index in [1.54, 1.807) is 51.5 Å². The van der Waals surface area contributed by atoms with E-state index in [0.29, 0.717) is 34.6 Å². The minimum Gasteiger partial charge on any atom is -0.381 e. The van der Waals surface area contributed by atoms with Gasteiger partial charge in [-0.05, 0) is 49.2 Å². The third kappa shape index (κ3) is 4.43. The van der Waals surface area contributed by atoms with Gasteiger partial charge in [0.2, 0.25) is 0 Å². The topological polar surface area (TPSA) is 120 Å². The zero-order valence-corrected chi connectivity index (χ0v) is 22.9. The monoisotopic (exact) mass is 539 g/mol. The molecule has 3 aromatic heterocycles. The smallest absolute Gasteiger partial charge is 0.290 e. The highest BCUT2D eigenvalue weighted by atomic mass is 16.5. The maximum absolute atomic E-state index is 13.6. The zero-order valence-electron chi connectivity index (χ0n) is 22.9. The van der Waals surface area contributed by atoms with Gasteiger partial charge in [-0.25, -0.2) is 0 Å². The van der Waals surface area contributed by atoms with Crippen LogP contribution in [0, 0.1) is 6.92 Å². The summed E-state index contributed by atoms with van der Waals surface area (Å²) in [6.45, 7) is 4.20. The fourth-order valence-corrected chi connectivity index (χ4v) is 5.08. The maximum atomic E-state index is 13.6. The average molecular weight is 540 g/mol. The third-order valence-corrected chi connectivity index (χ3v) is 6.98. The molecular formula is C30H29N5O5. The number of aromatic nitrogens is 3. The molecule has 2 amide bonds. The van der Waals surface area contributed by atoms with E-state index in [2.05, 4.69) is 10.6 Å². The number of benzene rings is 2. The predicted octanol–water partition coefficient (Wildman–Crippen LogP) is 3.91. The summed E-state index contributed by atoms with van der Waals surface area (Å²) in [4.78, 5) is 51.4. The first kappa shape index (κ1) is 26.5. The van der Waals surface area contributed by atoms with Crippen molar-refractivity contribution < 1.29 is 14.1 Å². The quantitative estimate of drug-likeness (QED) is 0.339. The zero-order chi connectivity index (χ0) is 28.7. The van der Waals surface area contributed by atoms with E-state index >= 15 is 0 Å². The van der Waals surface area contributed by atoms with Gasteiger partial charge in [-0.3, -0.25) is 19.2 Å². The number of hydrogen-bond acceptors (Lipinski definition) is 5. The van der Waals surface area contributed by atoms with Crippen molar-refractivity contribution in [3.63, 3.8) is 0 Å². The molecule has 0 saturated heterocycles. The Labute approximate surface area is 229 Å². The van der Waals surface area contributed by atoms with Crippen LogP contribution in [-0.4, -0.2) is 32.7 Å². The maximum Gasteiger partial charge on any atom is 0.290 e. The molecule has 40 heavy (non-hydrogen) atoms. The molecule has 2 N–H and O–H groups in total. The first-order chi connectivity index (χ1) is 19.1. The molecule has 5 rings (SSSR count). The number of hydrogen-bond donors (Lipinski definition) is 2. The lowest BCUT2D eigenvalue weighted by Gasteiger charge is -2.13. The Bertz CT molecular complexity index is 1900. The molecule has 3 heterocycles. The number of anilines is 1. The van der Waals surface area contributed by atoms with Crippen LogP contribution < -0.4 is 21.8 Å². The van der Waals surface area contributed by atoms with Crippen molar-refractivity contribution in [3.05, 3.63) is 98.4 Å². The Morgan fingerprint density at radius 3 is 2.25 bits per heavy atom. The molecule has 10 heteroatoms. The van der Waals surface area contributed by atoms with Crippen molar-refractivity contribution in [3.8, 4) is 22.4 Å². The summed E-state index contributed by atoms with van der Waals surface area (Å²) in [7, 11) is 4.71. The number of amides is 2. The van der Waals surface area contributed by atoms with Crippen LogP contribution in [0.5, 0.6) is 0 Å². The van der Waals surface area contributed by atoms with Crippen LogP contribution in [0.4, 0.5) is 5.69 Å². The van der Waals surface area contributed by atoms with Crippen molar-refractivity contribution >= 4 is 28.4 Å². The van der Waals surface area contributed by atoms with Crippen LogP contribution in [0.3, 0.4) is 0 Å². The number of carbonyl (C=O) groups is 2. The second-order valence-electron chi connectivity index (χ2n) is 9.51. The SMILES string of the molecule is CCn1c(-c2ccc(-c3c(C)on(C)c3=O)cc2)cc2cn(C)c(=O)c(C(=O)Nc3cccc(C(=O)NC)c3)c21. The fourth-order valence-electron chi connectivity index (χ4n) is 5.08. The summed E-state index contributed by atoms with van der Waals surface area (Å²) < 4.78 is 9.96. The lowest BCUT2D eigenvalue weighted by atomic mass is 10.0. The predicted molar refractivity (Wildman–Crippen MR) is 154 cm³/mol. The van der Waals surface area contributed by atoms with Crippen molar-refractivity contribution in [2.24, 2.45) is 14.1 Å². The van der Waals surface area contributed by atoms with Crippen LogP contribution in [0.15, 0.2) is 74.9 Å². The normalized spacial score (nSPS) is 11.1. The van der Waals surface area contributed by atoms with Gasteiger partial charge in [0.05, 0.1) is 11.1 Å². The van der Waals surface area contributed by atoms with Gasteiger partial charge in [0, 0.05) is 56.2 Å². The van der Waals surface area contributed by atoms with Crippen molar-refractivity contribution in [2.75, 3.05) is 12.4 Å². The molecule has 204 valence electrons. The van der Waals surface area contributed by atoms with Gasteiger partial charge in [-0.2, -0.15) is 4.74 Å². The van der Waals surface area contributed by atoms with Gasteiger partial charge >= 0.3 is 0 Å². The molecule has 0 atom stereocenters. The van der Waals surface area contributed by atoms with E-state index in [1.807, 2.05) is 41.8 Å². The van der Waals surface area contributed by atoms with Crippen LogP contribution >= 0.6 is 0 Å². The number of pyridine rings is 1. The highest BCUT2D eigenvalue weighted by molar-refractivity contribution is 6.12. The molecule has 0 bridgehead atoms. The summed E-state index contributed by atoms with van der Waals surface area (Å²) in [5.74, 6) is -0.316. The summed E-state index contributed by atoms with van der Waals surface area (Å²) in [6, 6.07) is 16.0. The Balaban J connectivity index is 1.60. The number of nitrogens with zero attached hydrogens (tertiary/aromatic N) is 3. The number of nitrogens with one attached hydrogen (secondary N) is 2. The molecule has 0 saturated carbocycles. The molecule has 0 spiro atoms. The van der Waals surface area contributed by atoms with Crippen LogP contribution in [0.1, 0.15) is 33.4 Å². The average Bonchev–Trinajstić information content (AvgIpc) is 3.43. The van der Waals surface area contributed by atoms with Crippen molar-refractivity contribution in [1.82, 2.24) is 19.2 Å². The minimum atomic E-state index is -0.568. The Morgan fingerprint density at radius 1 is 0.925 bits per heavy atom. The second kappa shape index (κ2) is 10.2. The van der Waals surface area contributed by atoms with Crippen molar-refractivity contribution in [1.29, 1.82) is 0 Å². The van der Waals surface area contributed by atoms with E-state index in [-0.39, 0.29) is 17.0 Å². The summed E-state index contributed by atoms with van der Waals surface area (Å²) >= 11 is 0. The van der Waals surface area contributed by atoms with Crippen LogP contribution in [0.25, 0.3) is 33.3 Å². The van der Waals surface area contributed by atoms with E-state index in [9.17, 15) is 19.2 Å². The summed E-state index contributed by atoms with van der Waals surface area (Å²) in [5.41, 5.74) is 3.59. The number of rotatable bonds is 6. The lowest BCUT2D eigenvalue weighted by Crippen LogP contribution is -2.28. The van der Waals surface area contributed by atoms with E-state index < -0.39 is 11.5 Å². The molecule has 0 fully saturated rings. The first-order valence-corrected chi connectivity index (χ1v) is 12.8. The largest absolute Gasteiger partial charge is 0.381 e. The van der Waals surface area contributed by atoms with E-state index in [0.717, 1.165) is 22.2 Å². The first-order valence-electron chi connectivity index (χ1n) is 12.8. The Morgan fingerprint density at radius 2 is 1.62 bits per heavy atom. The molecule has 5 aromatic rings. The van der Waals surface area contributed by atoms with Gasteiger partial charge in [0.25, 0.3) is 22.9 Å². The van der Waals surface area contributed by atoms with Crippen LogP contribution in [-0.2, 0) is 20.6 Å². The minimum absolute atomic E-state index is 0.00702. The molecule has 0 aliphatic rings. The van der Waals surface area contributed by atoms with Gasteiger partial charge in [-0.1, -0.05) is 30.3 Å². The number of fused-ring (bicyclic) bond motifs is 1. The third-order valence-electron chi connectivity index (χ3n) is 6.98. The molecular weight excluding hydrogens is 510 g/mol. The second-order valence-corrected chi connectivity index (χ2v) is 9.51. The van der Waals surface area contributed by atoms with Gasteiger partial charge in [0.15, 0.2) is 0 Å². The molecule has 0 aliphatic heterocycles. The lowest BCUT2D eigenvalue weighted by molar-refractivity contribution is 0.0961. The summed E-state index contributed by atoms with van der Waals surface area (Å²) in [5, 5.41) is 6.08. The summed E-state index contributed by atoms with van der Waals surface area (Å²) in [6.07, 6.45) is 1.71. The van der Waals surface area contributed by atoms with Crippen molar-refractivity contribution in [2.45, 2.75) is 20.4 Å². The van der Waals surface area contributed by atoms with E-state index in [4.69, 9.17) is 4.52 Å².